The van der Waals surface area contributed by atoms with Gasteiger partial charge in [0.2, 0.25) is 5.91 Å². The Morgan fingerprint density at radius 2 is 1.93 bits per heavy atom. The van der Waals surface area contributed by atoms with Crippen molar-refractivity contribution in [2.45, 2.75) is 38.8 Å². The Morgan fingerprint density at radius 3 is 2.59 bits per heavy atom. The SMILES string of the molecule is Cn1c(NC(=O)C(Cc2ccnnc2)NC(=O)OC(C)(C)C)cc2ccccc21. The van der Waals surface area contributed by atoms with Gasteiger partial charge in [0.25, 0.3) is 0 Å². The third-order valence-electron chi connectivity index (χ3n) is 4.30. The number of ether oxygens (including phenoxy) is 1. The highest BCUT2D eigenvalue weighted by atomic mass is 16.6. The summed E-state index contributed by atoms with van der Waals surface area (Å²) in [5, 5.41) is 14.2. The van der Waals surface area contributed by atoms with Crippen molar-refractivity contribution in [2.75, 3.05) is 5.32 Å². The van der Waals surface area contributed by atoms with Crippen molar-refractivity contribution in [3.05, 3.63) is 54.4 Å². The van der Waals surface area contributed by atoms with Crippen LogP contribution >= 0.6 is 0 Å². The molecule has 0 bridgehead atoms. The second kappa shape index (κ2) is 8.30. The van der Waals surface area contributed by atoms with E-state index in [9.17, 15) is 9.59 Å². The predicted molar refractivity (Wildman–Crippen MR) is 110 cm³/mol. The molecule has 0 saturated carbocycles. The minimum Gasteiger partial charge on any atom is -0.444 e. The van der Waals surface area contributed by atoms with Crippen LogP contribution in [0.5, 0.6) is 0 Å². The molecule has 0 spiro atoms. The van der Waals surface area contributed by atoms with Crippen LogP contribution in [-0.2, 0) is 23.0 Å². The monoisotopic (exact) mass is 395 g/mol. The normalized spacial score (nSPS) is 12.4. The van der Waals surface area contributed by atoms with Gasteiger partial charge in [0.15, 0.2) is 0 Å². The van der Waals surface area contributed by atoms with E-state index in [1.165, 1.54) is 0 Å². The number of hydrogen-bond donors (Lipinski definition) is 2. The maximum atomic E-state index is 13.0. The molecular formula is C21H25N5O3. The quantitative estimate of drug-likeness (QED) is 0.692. The summed E-state index contributed by atoms with van der Waals surface area (Å²) in [4.78, 5) is 25.3. The summed E-state index contributed by atoms with van der Waals surface area (Å²) in [6.07, 6.45) is 2.71. The van der Waals surface area contributed by atoms with Gasteiger partial charge in [-0.2, -0.15) is 10.2 Å². The summed E-state index contributed by atoms with van der Waals surface area (Å²) in [6, 6.07) is 10.6. The average molecular weight is 395 g/mol. The fraction of sp³-hybridized carbons (Fsp3) is 0.333. The molecule has 8 heteroatoms. The third kappa shape index (κ3) is 5.31. The number of aryl methyl sites for hydroxylation is 1. The summed E-state index contributed by atoms with van der Waals surface area (Å²) in [5.74, 6) is 0.290. The Kier molecular flexibility index (Phi) is 5.81. The smallest absolute Gasteiger partial charge is 0.408 e. The number of nitrogens with one attached hydrogen (secondary N) is 2. The number of amides is 2. The maximum Gasteiger partial charge on any atom is 0.408 e. The maximum absolute atomic E-state index is 13.0. The molecule has 1 unspecified atom stereocenters. The van der Waals surface area contributed by atoms with Crippen LogP contribution in [0.4, 0.5) is 10.6 Å². The van der Waals surface area contributed by atoms with E-state index in [1.54, 1.807) is 39.2 Å². The molecule has 0 radical (unpaired) electrons. The number of nitrogens with zero attached hydrogens (tertiary/aromatic N) is 3. The molecule has 1 atom stereocenters. The van der Waals surface area contributed by atoms with E-state index < -0.39 is 17.7 Å². The Morgan fingerprint density at radius 1 is 1.17 bits per heavy atom. The van der Waals surface area contributed by atoms with Crippen LogP contribution in [0.3, 0.4) is 0 Å². The lowest BCUT2D eigenvalue weighted by Gasteiger charge is -2.23. The van der Waals surface area contributed by atoms with E-state index in [2.05, 4.69) is 20.8 Å². The van der Waals surface area contributed by atoms with Gasteiger partial charge >= 0.3 is 6.09 Å². The fourth-order valence-electron chi connectivity index (χ4n) is 2.96. The Bertz CT molecular complexity index is 1010. The minimum absolute atomic E-state index is 0.255. The molecule has 29 heavy (non-hydrogen) atoms. The number of carbonyl (C=O) groups excluding carboxylic acids is 2. The zero-order chi connectivity index (χ0) is 21.0. The van der Waals surface area contributed by atoms with Crippen molar-refractivity contribution in [1.82, 2.24) is 20.1 Å². The molecule has 0 aliphatic heterocycles. The second-order valence-electron chi connectivity index (χ2n) is 7.79. The molecule has 8 nitrogen and oxygen atoms in total. The van der Waals surface area contributed by atoms with E-state index in [0.717, 1.165) is 16.5 Å². The number of alkyl carbamates (subject to hydrolysis) is 1. The zero-order valence-electron chi connectivity index (χ0n) is 17.0. The van der Waals surface area contributed by atoms with Crippen LogP contribution in [0.2, 0.25) is 0 Å². The van der Waals surface area contributed by atoms with Gasteiger partial charge in [-0.1, -0.05) is 18.2 Å². The van der Waals surface area contributed by atoms with E-state index in [1.807, 2.05) is 41.9 Å². The third-order valence-corrected chi connectivity index (χ3v) is 4.30. The lowest BCUT2D eigenvalue weighted by molar-refractivity contribution is -0.118. The van der Waals surface area contributed by atoms with Crippen LogP contribution in [0, 0.1) is 0 Å². The highest BCUT2D eigenvalue weighted by Crippen LogP contribution is 2.22. The van der Waals surface area contributed by atoms with Gasteiger partial charge in [-0.25, -0.2) is 4.79 Å². The van der Waals surface area contributed by atoms with Crippen LogP contribution in [0.1, 0.15) is 26.3 Å². The van der Waals surface area contributed by atoms with Gasteiger partial charge < -0.3 is 19.9 Å². The summed E-state index contributed by atoms with van der Waals surface area (Å²) in [7, 11) is 1.88. The number of anilines is 1. The molecular weight excluding hydrogens is 370 g/mol. The number of hydrogen-bond acceptors (Lipinski definition) is 5. The molecule has 0 aliphatic rings. The lowest BCUT2D eigenvalue weighted by Crippen LogP contribution is -2.47. The number of carbonyl (C=O) groups is 2. The summed E-state index contributed by atoms with van der Waals surface area (Å²) in [6.45, 7) is 5.30. The van der Waals surface area contributed by atoms with Crippen LogP contribution in [-0.4, -0.2) is 38.4 Å². The molecule has 152 valence electrons. The lowest BCUT2D eigenvalue weighted by atomic mass is 10.1. The molecule has 2 heterocycles. The second-order valence-corrected chi connectivity index (χ2v) is 7.79. The molecule has 3 aromatic rings. The number of fused-ring (bicyclic) bond motifs is 1. The van der Waals surface area contributed by atoms with E-state index in [4.69, 9.17) is 4.74 Å². The first-order chi connectivity index (χ1) is 13.7. The van der Waals surface area contributed by atoms with E-state index >= 15 is 0 Å². The van der Waals surface area contributed by atoms with Gasteiger partial charge in [-0.15, -0.1) is 0 Å². The van der Waals surface area contributed by atoms with Gasteiger partial charge in [-0.05, 0) is 44.5 Å². The standard InChI is InChI=1S/C21H25N5O3/c1-21(2,3)29-20(28)24-16(11-14-9-10-22-23-13-14)19(27)25-18-12-15-7-5-6-8-17(15)26(18)4/h5-10,12-13,16H,11H2,1-4H3,(H,24,28)(H,25,27). The first-order valence-corrected chi connectivity index (χ1v) is 9.33. The van der Waals surface area contributed by atoms with Gasteiger partial charge in [0.05, 0.1) is 6.20 Å². The van der Waals surface area contributed by atoms with Gasteiger partial charge in [0.1, 0.15) is 17.5 Å². The summed E-state index contributed by atoms with van der Waals surface area (Å²) >= 11 is 0. The molecule has 2 amide bonds. The summed E-state index contributed by atoms with van der Waals surface area (Å²) < 4.78 is 7.21. The zero-order valence-corrected chi connectivity index (χ0v) is 17.0. The van der Waals surface area contributed by atoms with Crippen molar-refractivity contribution in [2.24, 2.45) is 7.05 Å². The van der Waals surface area contributed by atoms with Crippen molar-refractivity contribution < 1.29 is 14.3 Å². The number of para-hydroxylation sites is 1. The van der Waals surface area contributed by atoms with Gasteiger partial charge in [0, 0.05) is 30.6 Å². The van der Waals surface area contributed by atoms with Crippen molar-refractivity contribution in [1.29, 1.82) is 0 Å². The largest absolute Gasteiger partial charge is 0.444 e. The van der Waals surface area contributed by atoms with E-state index in [0.29, 0.717) is 5.82 Å². The van der Waals surface area contributed by atoms with E-state index in [-0.39, 0.29) is 12.3 Å². The van der Waals surface area contributed by atoms with Crippen LogP contribution in [0.25, 0.3) is 10.9 Å². The van der Waals surface area contributed by atoms with Gasteiger partial charge in [-0.3, -0.25) is 4.79 Å². The molecule has 0 aliphatic carbocycles. The molecule has 1 aromatic carbocycles. The van der Waals surface area contributed by atoms with Crippen molar-refractivity contribution in [3.63, 3.8) is 0 Å². The van der Waals surface area contributed by atoms with Crippen molar-refractivity contribution >= 4 is 28.7 Å². The minimum atomic E-state index is -0.841. The first kappa shape index (κ1) is 20.3. The predicted octanol–water partition coefficient (Wildman–Crippen LogP) is 3.04. The highest BCUT2D eigenvalue weighted by molar-refractivity contribution is 5.98. The molecule has 2 N–H and O–H groups in total. The Balaban J connectivity index is 1.80. The number of aromatic nitrogens is 3. The number of benzene rings is 1. The first-order valence-electron chi connectivity index (χ1n) is 9.33. The molecule has 0 saturated heterocycles. The fourth-order valence-corrected chi connectivity index (χ4v) is 2.96. The highest BCUT2D eigenvalue weighted by Gasteiger charge is 2.25. The van der Waals surface area contributed by atoms with Crippen molar-refractivity contribution in [3.8, 4) is 0 Å². The molecule has 3 rings (SSSR count). The topological polar surface area (TPSA) is 98.1 Å². The Labute approximate surface area is 169 Å². The number of rotatable bonds is 5. The molecule has 2 aromatic heterocycles. The Hall–Kier alpha value is -3.42. The average Bonchev–Trinajstić information content (AvgIpc) is 2.96. The van der Waals surface area contributed by atoms with Crippen LogP contribution < -0.4 is 10.6 Å². The molecule has 0 fully saturated rings. The summed E-state index contributed by atoms with van der Waals surface area (Å²) in [5.41, 5.74) is 1.10. The van der Waals surface area contributed by atoms with Crippen LogP contribution in [0.15, 0.2) is 48.8 Å².